The van der Waals surface area contributed by atoms with Crippen LogP contribution >= 0.6 is 35.6 Å². The van der Waals surface area contributed by atoms with Gasteiger partial charge in [0.25, 0.3) is 0 Å². The number of nitrogens with zero attached hydrogens (tertiary/aromatic N) is 3. The van der Waals surface area contributed by atoms with E-state index >= 15 is 0 Å². The van der Waals surface area contributed by atoms with Gasteiger partial charge in [0.2, 0.25) is 5.91 Å². The Bertz CT molecular complexity index is 634. The number of guanidine groups is 1. The number of nitrogens with one attached hydrogen (secondary N) is 2. The van der Waals surface area contributed by atoms with E-state index in [2.05, 4.69) is 32.7 Å². The smallest absolute Gasteiger partial charge is 0.243 e. The fraction of sp³-hybridized carbons (Fsp3) is 0.600. The van der Waals surface area contributed by atoms with E-state index in [0.717, 1.165) is 37.5 Å². The van der Waals surface area contributed by atoms with Crippen LogP contribution in [0, 0.1) is 0 Å². The Kier molecular flexibility index (Phi) is 12.5. The lowest BCUT2D eigenvalue weighted by Gasteiger charge is -2.33. The maximum Gasteiger partial charge on any atom is 0.243 e. The van der Waals surface area contributed by atoms with Crippen molar-refractivity contribution in [2.24, 2.45) is 4.99 Å². The van der Waals surface area contributed by atoms with Gasteiger partial charge < -0.3 is 20.3 Å². The quantitative estimate of drug-likeness (QED) is 0.230. The number of halogens is 2. The number of carbonyl (C=O) groups is 1. The summed E-state index contributed by atoms with van der Waals surface area (Å²) in [6, 6.07) is 8.38. The fourth-order valence-electron chi connectivity index (χ4n) is 2.99. The van der Waals surface area contributed by atoms with Crippen molar-refractivity contribution in [1.82, 2.24) is 20.4 Å². The van der Waals surface area contributed by atoms with Gasteiger partial charge >= 0.3 is 0 Å². The van der Waals surface area contributed by atoms with Gasteiger partial charge in [0.1, 0.15) is 6.54 Å². The predicted molar refractivity (Wildman–Crippen MR) is 129 cm³/mol. The fourth-order valence-corrected chi connectivity index (χ4v) is 3.11. The van der Waals surface area contributed by atoms with Gasteiger partial charge in [-0.3, -0.25) is 9.69 Å². The van der Waals surface area contributed by atoms with Crippen LogP contribution in [0.15, 0.2) is 29.3 Å². The van der Waals surface area contributed by atoms with Crippen LogP contribution in [-0.2, 0) is 16.1 Å². The van der Waals surface area contributed by atoms with Gasteiger partial charge in [-0.15, -0.1) is 24.0 Å². The number of benzene rings is 1. The zero-order valence-electron chi connectivity index (χ0n) is 17.5. The van der Waals surface area contributed by atoms with Gasteiger partial charge in [0, 0.05) is 58.4 Å². The summed E-state index contributed by atoms with van der Waals surface area (Å²) in [5, 5.41) is 7.48. The van der Waals surface area contributed by atoms with Crippen LogP contribution in [-0.4, -0.2) is 81.7 Å². The Morgan fingerprint density at radius 2 is 1.93 bits per heavy atom. The van der Waals surface area contributed by atoms with Crippen molar-refractivity contribution in [3.05, 3.63) is 34.9 Å². The van der Waals surface area contributed by atoms with Gasteiger partial charge in [-0.25, -0.2) is 4.99 Å². The van der Waals surface area contributed by atoms with Crippen molar-refractivity contribution in [3.8, 4) is 0 Å². The lowest BCUT2D eigenvalue weighted by atomic mass is 10.0. The van der Waals surface area contributed by atoms with E-state index in [-0.39, 0.29) is 36.4 Å². The maximum absolute atomic E-state index is 11.8. The second-order valence-electron chi connectivity index (χ2n) is 7.19. The second-order valence-corrected chi connectivity index (χ2v) is 7.63. The standard InChI is InChI=1S/C20H32ClN5O2.HI/c1-25(2)19(27)14-23-20(22-10-13-28-3)24-18-8-11-26(12-9-18)15-16-4-6-17(21)7-5-16;/h4-7,18H,8-15H2,1-3H3,(H2,22,23,24);1H. The van der Waals surface area contributed by atoms with Gasteiger partial charge in [-0.05, 0) is 30.5 Å². The average molecular weight is 538 g/mol. The number of piperidine rings is 1. The number of aliphatic imine (C=N–C) groups is 1. The number of hydrogen-bond acceptors (Lipinski definition) is 4. The predicted octanol–water partition coefficient (Wildman–Crippen LogP) is 2.19. The third-order valence-corrected chi connectivity index (χ3v) is 4.97. The Morgan fingerprint density at radius 1 is 1.28 bits per heavy atom. The molecular weight excluding hydrogens is 505 g/mol. The van der Waals surface area contributed by atoms with Gasteiger partial charge in [0.05, 0.1) is 6.61 Å². The molecule has 0 aromatic heterocycles. The molecule has 1 aliphatic heterocycles. The third-order valence-electron chi connectivity index (χ3n) is 4.72. The van der Waals surface area contributed by atoms with Crippen molar-refractivity contribution in [2.45, 2.75) is 25.4 Å². The number of methoxy groups -OCH3 is 1. The molecule has 1 aliphatic rings. The van der Waals surface area contributed by atoms with Crippen LogP contribution in [0.3, 0.4) is 0 Å². The van der Waals surface area contributed by atoms with Crippen molar-refractivity contribution in [1.29, 1.82) is 0 Å². The number of hydrogen-bond donors (Lipinski definition) is 2. The largest absolute Gasteiger partial charge is 0.383 e. The average Bonchev–Trinajstić information content (AvgIpc) is 2.69. The van der Waals surface area contributed by atoms with Crippen LogP contribution in [0.25, 0.3) is 0 Å². The summed E-state index contributed by atoms with van der Waals surface area (Å²) in [5.74, 6) is 0.647. The molecule has 7 nitrogen and oxygen atoms in total. The minimum atomic E-state index is -0.0226. The van der Waals surface area contributed by atoms with Crippen molar-refractivity contribution in [3.63, 3.8) is 0 Å². The molecule has 2 rings (SSSR count). The first-order valence-electron chi connectivity index (χ1n) is 9.68. The molecule has 0 spiro atoms. The molecule has 1 amide bonds. The number of amides is 1. The minimum absolute atomic E-state index is 0. The monoisotopic (exact) mass is 537 g/mol. The molecule has 0 unspecified atom stereocenters. The van der Waals surface area contributed by atoms with E-state index in [1.807, 2.05) is 12.1 Å². The SMILES string of the molecule is COCCNC(=NCC(=O)N(C)C)NC1CCN(Cc2ccc(Cl)cc2)CC1.I. The van der Waals surface area contributed by atoms with Gasteiger partial charge in [-0.1, -0.05) is 23.7 Å². The van der Waals surface area contributed by atoms with Crippen LogP contribution in [0.2, 0.25) is 5.02 Å². The molecule has 0 atom stereocenters. The van der Waals surface area contributed by atoms with E-state index in [1.165, 1.54) is 5.56 Å². The molecule has 0 bridgehead atoms. The summed E-state index contributed by atoms with van der Waals surface area (Å²) < 4.78 is 5.09. The zero-order valence-corrected chi connectivity index (χ0v) is 20.6. The highest BCUT2D eigenvalue weighted by atomic mass is 127. The highest BCUT2D eigenvalue weighted by Gasteiger charge is 2.20. The second kappa shape index (κ2) is 14.0. The molecule has 164 valence electrons. The molecule has 1 aromatic carbocycles. The van der Waals surface area contributed by atoms with Crippen LogP contribution in [0.5, 0.6) is 0 Å². The summed E-state index contributed by atoms with van der Waals surface area (Å²) in [6.07, 6.45) is 2.06. The summed E-state index contributed by atoms with van der Waals surface area (Å²) in [7, 11) is 5.14. The van der Waals surface area contributed by atoms with E-state index in [0.29, 0.717) is 25.2 Å². The van der Waals surface area contributed by atoms with Gasteiger partial charge in [0.15, 0.2) is 5.96 Å². The van der Waals surface area contributed by atoms with E-state index in [4.69, 9.17) is 16.3 Å². The normalized spacial score (nSPS) is 15.5. The van der Waals surface area contributed by atoms with E-state index < -0.39 is 0 Å². The van der Waals surface area contributed by atoms with Crippen LogP contribution in [0.4, 0.5) is 0 Å². The number of likely N-dealkylation sites (tertiary alicyclic amines) is 1. The first kappa shape index (κ1) is 25.9. The Balaban J connectivity index is 0.00000420. The zero-order chi connectivity index (χ0) is 20.4. The topological polar surface area (TPSA) is 69.2 Å². The molecule has 0 radical (unpaired) electrons. The number of rotatable bonds is 8. The van der Waals surface area contributed by atoms with Crippen LogP contribution in [0.1, 0.15) is 18.4 Å². The van der Waals surface area contributed by atoms with E-state index in [1.54, 1.807) is 26.1 Å². The highest BCUT2D eigenvalue weighted by Crippen LogP contribution is 2.16. The molecule has 0 aliphatic carbocycles. The summed E-state index contributed by atoms with van der Waals surface area (Å²) in [5.41, 5.74) is 1.28. The maximum atomic E-state index is 11.8. The molecule has 29 heavy (non-hydrogen) atoms. The van der Waals surface area contributed by atoms with Gasteiger partial charge in [-0.2, -0.15) is 0 Å². The molecule has 1 heterocycles. The Labute approximate surface area is 196 Å². The number of ether oxygens (including phenoxy) is 1. The van der Waals surface area contributed by atoms with Crippen LogP contribution < -0.4 is 10.6 Å². The summed E-state index contributed by atoms with van der Waals surface area (Å²) in [4.78, 5) is 20.3. The Morgan fingerprint density at radius 3 is 2.52 bits per heavy atom. The first-order chi connectivity index (χ1) is 13.5. The van der Waals surface area contributed by atoms with Crippen molar-refractivity contribution in [2.75, 3.05) is 54.0 Å². The lowest BCUT2D eigenvalue weighted by molar-refractivity contribution is -0.127. The molecule has 1 saturated heterocycles. The molecule has 9 heteroatoms. The van der Waals surface area contributed by atoms with Crippen molar-refractivity contribution >= 4 is 47.4 Å². The lowest BCUT2D eigenvalue weighted by Crippen LogP contribution is -2.49. The summed E-state index contributed by atoms with van der Waals surface area (Å²) in [6.45, 7) is 4.33. The number of likely N-dealkylation sites (N-methyl/N-ethyl adjacent to an activating group) is 1. The van der Waals surface area contributed by atoms with E-state index in [9.17, 15) is 4.79 Å². The Hall–Kier alpha value is -1.10. The molecule has 1 aromatic rings. The third kappa shape index (κ3) is 9.97. The minimum Gasteiger partial charge on any atom is -0.383 e. The van der Waals surface area contributed by atoms with Crippen molar-refractivity contribution < 1.29 is 9.53 Å². The molecule has 2 N–H and O–H groups in total. The number of carbonyl (C=O) groups excluding carboxylic acids is 1. The summed E-state index contributed by atoms with van der Waals surface area (Å²) >= 11 is 5.96. The first-order valence-corrected chi connectivity index (χ1v) is 10.1. The molecule has 0 saturated carbocycles. The highest BCUT2D eigenvalue weighted by molar-refractivity contribution is 14.0. The molecular formula is C20H33ClIN5O2. The molecule has 1 fully saturated rings.